The van der Waals surface area contributed by atoms with Crippen LogP contribution in [0.1, 0.15) is 60.0 Å². The number of hydrogen-bond donors (Lipinski definition) is 0. The van der Waals surface area contributed by atoms with Gasteiger partial charge >= 0.3 is 0 Å². The first-order valence-corrected chi connectivity index (χ1v) is 7.90. The van der Waals surface area contributed by atoms with E-state index in [0.29, 0.717) is 4.83 Å². The maximum absolute atomic E-state index is 13.6. The number of alkyl halides is 1. The van der Waals surface area contributed by atoms with E-state index in [2.05, 4.69) is 15.9 Å². The molecule has 100 valence electrons. The number of halogens is 2. The van der Waals surface area contributed by atoms with E-state index in [-0.39, 0.29) is 5.82 Å². The summed E-state index contributed by atoms with van der Waals surface area (Å²) in [5.41, 5.74) is 2.75. The second-order valence-corrected chi connectivity index (χ2v) is 6.77. The average molecular weight is 313 g/mol. The Morgan fingerprint density at radius 2 is 1.78 bits per heavy atom. The molecule has 1 aliphatic rings. The monoisotopic (exact) mass is 312 g/mol. The van der Waals surface area contributed by atoms with Crippen LogP contribution < -0.4 is 0 Å². The molecule has 1 fully saturated rings. The molecule has 1 aromatic carbocycles. The Hall–Kier alpha value is -0.370. The van der Waals surface area contributed by atoms with E-state index in [9.17, 15) is 4.39 Å². The molecule has 0 aliphatic heterocycles. The molecule has 1 unspecified atom stereocenters. The quantitative estimate of drug-likeness (QED) is 0.612. The molecule has 1 saturated carbocycles. The molecule has 2 heteroatoms. The van der Waals surface area contributed by atoms with Gasteiger partial charge in [0.2, 0.25) is 0 Å². The van der Waals surface area contributed by atoms with Crippen LogP contribution >= 0.6 is 15.9 Å². The van der Waals surface area contributed by atoms with Crippen molar-refractivity contribution in [3.63, 3.8) is 0 Å². The van der Waals surface area contributed by atoms with Crippen LogP contribution in [0.5, 0.6) is 0 Å². The van der Waals surface area contributed by atoms with Gasteiger partial charge in [0.25, 0.3) is 0 Å². The van der Waals surface area contributed by atoms with Crippen LogP contribution in [0.3, 0.4) is 0 Å². The van der Waals surface area contributed by atoms with Gasteiger partial charge in [-0.2, -0.15) is 0 Å². The maximum Gasteiger partial charge on any atom is 0.129 e. The molecule has 1 aromatic rings. The van der Waals surface area contributed by atoms with Crippen LogP contribution in [0.15, 0.2) is 12.1 Å². The molecule has 0 bridgehead atoms. The number of benzene rings is 1. The van der Waals surface area contributed by atoms with Gasteiger partial charge in [0, 0.05) is 4.83 Å². The van der Waals surface area contributed by atoms with Crippen molar-refractivity contribution in [3.05, 3.63) is 34.6 Å². The third-order valence-electron chi connectivity index (χ3n) is 4.12. The third kappa shape index (κ3) is 3.34. The highest BCUT2D eigenvalue weighted by Gasteiger charge is 2.17. The summed E-state index contributed by atoms with van der Waals surface area (Å²) in [5.74, 6) is 0.863. The van der Waals surface area contributed by atoms with Crippen molar-refractivity contribution in [1.29, 1.82) is 0 Å². The fourth-order valence-electron chi connectivity index (χ4n) is 3.01. The van der Waals surface area contributed by atoms with E-state index < -0.39 is 0 Å². The van der Waals surface area contributed by atoms with Crippen molar-refractivity contribution in [2.24, 2.45) is 5.92 Å². The molecule has 0 N–H and O–H groups in total. The summed E-state index contributed by atoms with van der Waals surface area (Å²) in [6, 6.07) is 3.97. The van der Waals surface area contributed by atoms with Crippen molar-refractivity contribution < 1.29 is 4.39 Å². The van der Waals surface area contributed by atoms with E-state index >= 15 is 0 Å². The highest BCUT2D eigenvalue weighted by molar-refractivity contribution is 9.09. The van der Waals surface area contributed by atoms with E-state index in [1.165, 1.54) is 37.7 Å². The van der Waals surface area contributed by atoms with Crippen LogP contribution in [0.25, 0.3) is 0 Å². The zero-order chi connectivity index (χ0) is 13.1. The lowest BCUT2D eigenvalue weighted by Gasteiger charge is -2.15. The largest absolute Gasteiger partial charge is 0.206 e. The second kappa shape index (κ2) is 6.18. The summed E-state index contributed by atoms with van der Waals surface area (Å²) in [4.78, 5) is 0.371. The van der Waals surface area contributed by atoms with Crippen molar-refractivity contribution in [2.75, 3.05) is 0 Å². The topological polar surface area (TPSA) is 0 Å². The summed E-state index contributed by atoms with van der Waals surface area (Å²) < 4.78 is 13.6. The summed E-state index contributed by atoms with van der Waals surface area (Å²) in [6.07, 6.45) is 8.09. The first kappa shape index (κ1) is 14.0. The van der Waals surface area contributed by atoms with Crippen LogP contribution in [0.2, 0.25) is 0 Å². The highest BCUT2D eigenvalue weighted by Crippen LogP contribution is 2.35. The summed E-state index contributed by atoms with van der Waals surface area (Å²) in [6.45, 7) is 3.70. The lowest BCUT2D eigenvalue weighted by atomic mass is 9.96. The van der Waals surface area contributed by atoms with E-state index in [1.807, 2.05) is 26.0 Å². The number of aryl methyl sites for hydroxylation is 2. The van der Waals surface area contributed by atoms with Gasteiger partial charge in [-0.05, 0) is 49.3 Å². The molecule has 2 rings (SSSR count). The fourth-order valence-corrected chi connectivity index (χ4v) is 3.54. The molecule has 0 radical (unpaired) electrons. The van der Waals surface area contributed by atoms with Crippen molar-refractivity contribution >= 4 is 15.9 Å². The predicted octanol–water partition coefficient (Wildman–Crippen LogP) is 5.85. The van der Waals surface area contributed by atoms with Gasteiger partial charge in [0.15, 0.2) is 0 Å². The zero-order valence-corrected chi connectivity index (χ0v) is 12.9. The van der Waals surface area contributed by atoms with Crippen molar-refractivity contribution in [1.82, 2.24) is 0 Å². The van der Waals surface area contributed by atoms with Crippen LogP contribution in [-0.4, -0.2) is 0 Å². The molecular formula is C16H22BrF. The smallest absolute Gasteiger partial charge is 0.129 e. The molecule has 1 aliphatic carbocycles. The Balaban J connectivity index is 1.97. The Kier molecular flexibility index (Phi) is 4.83. The van der Waals surface area contributed by atoms with Gasteiger partial charge in [-0.25, -0.2) is 4.39 Å². The molecule has 0 spiro atoms. The normalized spacial score (nSPS) is 18.2. The summed E-state index contributed by atoms with van der Waals surface area (Å²) >= 11 is 3.76. The molecule has 18 heavy (non-hydrogen) atoms. The van der Waals surface area contributed by atoms with Crippen LogP contribution in [0, 0.1) is 25.6 Å². The summed E-state index contributed by atoms with van der Waals surface area (Å²) in [7, 11) is 0. The fraction of sp³-hybridized carbons (Fsp3) is 0.625. The lowest BCUT2D eigenvalue weighted by molar-refractivity contribution is 0.482. The molecule has 0 amide bonds. The van der Waals surface area contributed by atoms with Gasteiger partial charge in [-0.15, -0.1) is 0 Å². The maximum atomic E-state index is 13.6. The Morgan fingerprint density at radius 1 is 1.22 bits per heavy atom. The van der Waals surface area contributed by atoms with Crippen molar-refractivity contribution in [3.8, 4) is 0 Å². The molecule has 0 saturated heterocycles. The minimum absolute atomic E-state index is 0.0609. The van der Waals surface area contributed by atoms with Crippen molar-refractivity contribution in [2.45, 2.75) is 57.2 Å². The first-order valence-electron chi connectivity index (χ1n) is 6.98. The Labute approximate surface area is 118 Å². The van der Waals surface area contributed by atoms with Crippen LogP contribution in [-0.2, 0) is 0 Å². The molecule has 0 aromatic heterocycles. The SMILES string of the molecule is Cc1cc(C(Br)CCC2CCCC2)cc(C)c1F. The second-order valence-electron chi connectivity index (χ2n) is 5.66. The third-order valence-corrected chi connectivity index (χ3v) is 5.11. The van der Waals surface area contributed by atoms with Crippen LogP contribution in [0.4, 0.5) is 4.39 Å². The molecule has 0 heterocycles. The highest BCUT2D eigenvalue weighted by atomic mass is 79.9. The van der Waals surface area contributed by atoms with E-state index in [0.717, 1.165) is 23.5 Å². The van der Waals surface area contributed by atoms with Gasteiger partial charge in [0.1, 0.15) is 5.82 Å². The predicted molar refractivity (Wildman–Crippen MR) is 78.7 cm³/mol. The first-order chi connectivity index (χ1) is 8.58. The minimum Gasteiger partial charge on any atom is -0.206 e. The minimum atomic E-state index is -0.0609. The van der Waals surface area contributed by atoms with Gasteiger partial charge in [0.05, 0.1) is 0 Å². The zero-order valence-electron chi connectivity index (χ0n) is 11.3. The van der Waals surface area contributed by atoms with E-state index in [4.69, 9.17) is 0 Å². The van der Waals surface area contributed by atoms with E-state index in [1.54, 1.807) is 0 Å². The summed E-state index contributed by atoms with van der Waals surface area (Å²) in [5, 5.41) is 0. The molecular weight excluding hydrogens is 291 g/mol. The Bertz CT molecular complexity index is 385. The lowest BCUT2D eigenvalue weighted by Crippen LogP contribution is -1.99. The van der Waals surface area contributed by atoms with Gasteiger partial charge in [-0.3, -0.25) is 0 Å². The number of hydrogen-bond acceptors (Lipinski definition) is 0. The van der Waals surface area contributed by atoms with Gasteiger partial charge in [-0.1, -0.05) is 53.7 Å². The Morgan fingerprint density at radius 3 is 2.33 bits per heavy atom. The standard InChI is InChI=1S/C16H22BrF/c1-11-9-14(10-12(2)16(11)18)15(17)8-7-13-5-3-4-6-13/h9-10,13,15H,3-8H2,1-2H3. The molecule has 1 atom stereocenters. The molecule has 0 nitrogen and oxygen atoms in total. The average Bonchev–Trinajstić information content (AvgIpc) is 2.85. The van der Waals surface area contributed by atoms with Gasteiger partial charge < -0.3 is 0 Å². The number of rotatable bonds is 4.